The number of hydrogen-bond acceptors (Lipinski definition) is 8. The summed E-state index contributed by atoms with van der Waals surface area (Å²) in [6, 6.07) is 8.48. The molecule has 0 fully saturated rings. The molecule has 0 aliphatic carbocycles. The number of rotatable bonds is 5. The summed E-state index contributed by atoms with van der Waals surface area (Å²) in [6.07, 6.45) is -0.0589. The van der Waals surface area contributed by atoms with E-state index in [0.717, 1.165) is 6.42 Å². The van der Waals surface area contributed by atoms with Crippen molar-refractivity contribution in [3.63, 3.8) is 0 Å². The standard InChI is InChI=1S/C21H21F2N5O4/c1-2-29-14-6-3-5-11(17(14)32-19(22)23)18-26-20(24)27-21-25-12-9-15-16(10-13(12)28(18)21)31-8-4-7-30-15/h3,5-6,9-10,18-19H,2,4,7-8H2,1H3,(H3,24,25,26,27). The molecular formula is C21H21F2N5O4. The smallest absolute Gasteiger partial charge is 0.387 e. The Hall–Kier alpha value is -3.76. The van der Waals surface area contributed by atoms with Crippen molar-refractivity contribution < 1.29 is 27.7 Å². The number of nitrogens with one attached hydrogen (secondary N) is 1. The number of aromatic nitrogens is 2. The van der Waals surface area contributed by atoms with Crippen molar-refractivity contribution in [3.8, 4) is 23.0 Å². The van der Waals surface area contributed by atoms with E-state index in [1.54, 1.807) is 41.8 Å². The minimum Gasteiger partial charge on any atom is -0.490 e. The Morgan fingerprint density at radius 3 is 2.78 bits per heavy atom. The maximum absolute atomic E-state index is 13.3. The van der Waals surface area contributed by atoms with Gasteiger partial charge in [-0.15, -0.1) is 0 Å². The number of halogens is 2. The Balaban J connectivity index is 1.70. The van der Waals surface area contributed by atoms with Crippen molar-refractivity contribution in [1.29, 1.82) is 0 Å². The molecule has 3 N–H and O–H groups in total. The number of aliphatic imine (C=N–C) groups is 1. The molecule has 3 heterocycles. The highest BCUT2D eigenvalue weighted by molar-refractivity contribution is 5.95. The first-order valence-electron chi connectivity index (χ1n) is 10.2. The largest absolute Gasteiger partial charge is 0.490 e. The highest BCUT2D eigenvalue weighted by Gasteiger charge is 2.30. The lowest BCUT2D eigenvalue weighted by atomic mass is 10.1. The number of anilines is 1. The van der Waals surface area contributed by atoms with Gasteiger partial charge in [-0.1, -0.05) is 12.1 Å². The number of para-hydroxylation sites is 1. The minimum atomic E-state index is -3.04. The van der Waals surface area contributed by atoms with Gasteiger partial charge in [0.2, 0.25) is 5.95 Å². The Bertz CT molecular complexity index is 1200. The van der Waals surface area contributed by atoms with Gasteiger partial charge in [0.15, 0.2) is 35.1 Å². The third kappa shape index (κ3) is 3.49. The molecule has 3 aromatic rings. The fraction of sp³-hybridized carbons (Fsp3) is 0.333. The van der Waals surface area contributed by atoms with Gasteiger partial charge < -0.3 is 24.7 Å². The number of imidazole rings is 1. The lowest BCUT2D eigenvalue weighted by molar-refractivity contribution is -0.0523. The van der Waals surface area contributed by atoms with E-state index in [4.69, 9.17) is 24.7 Å². The van der Waals surface area contributed by atoms with Crippen LogP contribution < -0.4 is 30.0 Å². The second-order valence-electron chi connectivity index (χ2n) is 7.14. The number of guanidine groups is 1. The molecule has 2 aromatic carbocycles. The molecule has 0 amide bonds. The summed E-state index contributed by atoms with van der Waals surface area (Å²) in [5.41, 5.74) is 7.64. The van der Waals surface area contributed by atoms with Crippen LogP contribution in [0.1, 0.15) is 25.1 Å². The molecule has 2 aliphatic rings. The van der Waals surface area contributed by atoms with Gasteiger partial charge in [0, 0.05) is 24.1 Å². The second kappa shape index (κ2) is 8.06. The zero-order valence-electron chi connectivity index (χ0n) is 17.2. The summed E-state index contributed by atoms with van der Waals surface area (Å²) in [4.78, 5) is 9.07. The van der Waals surface area contributed by atoms with Gasteiger partial charge in [-0.3, -0.25) is 9.88 Å². The van der Waals surface area contributed by atoms with Crippen molar-refractivity contribution in [2.75, 3.05) is 25.1 Å². The fourth-order valence-electron chi connectivity index (χ4n) is 3.85. The SMILES string of the molecule is CCOc1cccc(C2N=C(N)Nc3nc4cc5c(cc4n32)OCCCO5)c1OC(F)F. The summed E-state index contributed by atoms with van der Waals surface area (Å²) in [6.45, 7) is 0.0631. The first-order valence-corrected chi connectivity index (χ1v) is 10.2. The number of benzene rings is 2. The number of fused-ring (bicyclic) bond motifs is 4. The van der Waals surface area contributed by atoms with Crippen LogP contribution in [0.15, 0.2) is 35.3 Å². The number of ether oxygens (including phenoxy) is 4. The Morgan fingerprint density at radius 1 is 1.25 bits per heavy atom. The van der Waals surface area contributed by atoms with E-state index in [9.17, 15) is 8.78 Å². The van der Waals surface area contributed by atoms with Crippen LogP contribution in [0.3, 0.4) is 0 Å². The molecule has 2 aliphatic heterocycles. The van der Waals surface area contributed by atoms with E-state index in [-0.39, 0.29) is 24.1 Å². The molecule has 0 saturated heterocycles. The van der Waals surface area contributed by atoms with Gasteiger partial charge in [0.1, 0.15) is 0 Å². The van der Waals surface area contributed by atoms with Crippen molar-refractivity contribution in [1.82, 2.24) is 9.55 Å². The molecule has 1 aromatic heterocycles. The third-order valence-electron chi connectivity index (χ3n) is 5.10. The predicted molar refractivity (Wildman–Crippen MR) is 113 cm³/mol. The number of hydrogen-bond donors (Lipinski definition) is 2. The molecule has 1 atom stereocenters. The second-order valence-corrected chi connectivity index (χ2v) is 7.14. The van der Waals surface area contributed by atoms with Crippen LogP contribution in [-0.2, 0) is 0 Å². The van der Waals surface area contributed by atoms with E-state index in [2.05, 4.69) is 15.3 Å². The highest BCUT2D eigenvalue weighted by atomic mass is 19.3. The van der Waals surface area contributed by atoms with E-state index in [1.165, 1.54) is 0 Å². The van der Waals surface area contributed by atoms with Gasteiger partial charge in [-0.25, -0.2) is 9.98 Å². The molecule has 5 rings (SSSR count). The Kier molecular flexibility index (Phi) is 5.08. The molecule has 32 heavy (non-hydrogen) atoms. The third-order valence-corrected chi connectivity index (χ3v) is 5.10. The normalized spacial score (nSPS) is 17.4. The number of nitrogens with zero attached hydrogens (tertiary/aromatic N) is 3. The number of alkyl halides is 2. The maximum Gasteiger partial charge on any atom is 0.387 e. The van der Waals surface area contributed by atoms with Crippen LogP contribution in [0.5, 0.6) is 23.0 Å². The zero-order chi connectivity index (χ0) is 22.2. The van der Waals surface area contributed by atoms with Crippen molar-refractivity contribution >= 4 is 22.9 Å². The van der Waals surface area contributed by atoms with Crippen molar-refractivity contribution in [2.45, 2.75) is 26.1 Å². The fourth-order valence-corrected chi connectivity index (χ4v) is 3.85. The van der Waals surface area contributed by atoms with Gasteiger partial charge in [-0.05, 0) is 13.0 Å². The lowest BCUT2D eigenvalue weighted by Gasteiger charge is -2.26. The average molecular weight is 445 g/mol. The quantitative estimate of drug-likeness (QED) is 0.619. The number of nitrogens with two attached hydrogens (primary N) is 1. The molecule has 11 heteroatoms. The minimum absolute atomic E-state index is 0.0941. The topological polar surface area (TPSA) is 105 Å². The van der Waals surface area contributed by atoms with Crippen LogP contribution in [0.2, 0.25) is 0 Å². The molecule has 9 nitrogen and oxygen atoms in total. The van der Waals surface area contributed by atoms with Crippen LogP contribution in [0.4, 0.5) is 14.7 Å². The van der Waals surface area contributed by atoms with Crippen molar-refractivity contribution in [3.05, 3.63) is 35.9 Å². The van der Waals surface area contributed by atoms with E-state index in [1.807, 2.05) is 0 Å². The summed E-state index contributed by atoms with van der Waals surface area (Å²) < 4.78 is 50.3. The van der Waals surface area contributed by atoms with E-state index in [0.29, 0.717) is 47.3 Å². The maximum atomic E-state index is 13.3. The van der Waals surface area contributed by atoms with Gasteiger partial charge >= 0.3 is 6.61 Å². The zero-order valence-corrected chi connectivity index (χ0v) is 17.2. The lowest BCUT2D eigenvalue weighted by Crippen LogP contribution is -2.31. The Morgan fingerprint density at radius 2 is 2.03 bits per heavy atom. The van der Waals surface area contributed by atoms with Gasteiger partial charge in [0.05, 0.1) is 30.9 Å². The molecule has 168 valence electrons. The molecule has 0 saturated carbocycles. The summed E-state index contributed by atoms with van der Waals surface area (Å²) in [5.74, 6) is 1.75. The van der Waals surface area contributed by atoms with Crippen LogP contribution in [0.25, 0.3) is 11.0 Å². The molecule has 0 radical (unpaired) electrons. The van der Waals surface area contributed by atoms with Crippen LogP contribution >= 0.6 is 0 Å². The Labute approximate surface area is 181 Å². The molecule has 0 bridgehead atoms. The summed E-state index contributed by atoms with van der Waals surface area (Å²) in [5, 5.41) is 2.93. The van der Waals surface area contributed by atoms with E-state index >= 15 is 0 Å². The van der Waals surface area contributed by atoms with Gasteiger partial charge in [-0.2, -0.15) is 8.78 Å². The molecular weight excluding hydrogens is 424 g/mol. The summed E-state index contributed by atoms with van der Waals surface area (Å²) in [7, 11) is 0. The highest BCUT2D eigenvalue weighted by Crippen LogP contribution is 2.43. The predicted octanol–water partition coefficient (Wildman–Crippen LogP) is 3.48. The molecule has 1 unspecified atom stereocenters. The monoisotopic (exact) mass is 445 g/mol. The van der Waals surface area contributed by atoms with Crippen LogP contribution in [-0.4, -0.2) is 41.9 Å². The van der Waals surface area contributed by atoms with Gasteiger partial charge in [0.25, 0.3) is 0 Å². The first-order chi connectivity index (χ1) is 15.5. The summed E-state index contributed by atoms with van der Waals surface area (Å²) >= 11 is 0. The van der Waals surface area contributed by atoms with E-state index < -0.39 is 12.8 Å². The average Bonchev–Trinajstić information content (AvgIpc) is 2.94. The van der Waals surface area contributed by atoms with Crippen LogP contribution in [0, 0.1) is 0 Å². The van der Waals surface area contributed by atoms with Crippen molar-refractivity contribution in [2.24, 2.45) is 10.7 Å². The molecule has 0 spiro atoms. The first kappa shape index (κ1) is 20.2.